The molecule has 1 fully saturated rings. The second-order valence-electron chi connectivity index (χ2n) is 5.01. The molecule has 1 aliphatic rings. The normalized spacial score (nSPS) is 20.5. The smallest absolute Gasteiger partial charge is 0.307 e. The minimum atomic E-state index is -0.0434. The molecule has 0 N–H and O–H groups in total. The maximum Gasteiger partial charge on any atom is 0.307 e. The van der Waals surface area contributed by atoms with Crippen molar-refractivity contribution in [3.63, 3.8) is 0 Å². The van der Waals surface area contributed by atoms with Crippen LogP contribution in [0.4, 0.5) is 0 Å². The predicted octanol–water partition coefficient (Wildman–Crippen LogP) is 2.59. The number of carbonyl (C=O) groups is 1. The molecule has 0 aliphatic heterocycles. The first-order valence-electron chi connectivity index (χ1n) is 6.44. The lowest BCUT2D eigenvalue weighted by atomic mass is 9.85. The zero-order valence-corrected chi connectivity index (χ0v) is 10.9. The van der Waals surface area contributed by atoms with Gasteiger partial charge >= 0.3 is 5.97 Å². The summed E-state index contributed by atoms with van der Waals surface area (Å²) in [5, 5.41) is 0. The quantitative estimate of drug-likeness (QED) is 0.546. The SMILES string of the molecule is CCOC(=O)CC1(N(C)C)CCCCCC1. The molecule has 3 nitrogen and oxygen atoms in total. The highest BCUT2D eigenvalue weighted by Gasteiger charge is 2.35. The first-order valence-corrected chi connectivity index (χ1v) is 6.44. The zero-order chi connectivity index (χ0) is 12.0. The van der Waals surface area contributed by atoms with E-state index in [0.717, 1.165) is 12.8 Å². The summed E-state index contributed by atoms with van der Waals surface area (Å²) in [6.07, 6.45) is 7.87. The molecular weight excluding hydrogens is 202 g/mol. The van der Waals surface area contributed by atoms with Gasteiger partial charge in [0.25, 0.3) is 0 Å². The Kier molecular flexibility index (Phi) is 5.26. The molecule has 0 aromatic carbocycles. The van der Waals surface area contributed by atoms with E-state index in [-0.39, 0.29) is 11.5 Å². The molecule has 0 aromatic rings. The molecule has 0 aromatic heterocycles. The highest BCUT2D eigenvalue weighted by Crippen LogP contribution is 2.34. The van der Waals surface area contributed by atoms with Crippen LogP contribution in [-0.2, 0) is 9.53 Å². The highest BCUT2D eigenvalue weighted by atomic mass is 16.5. The van der Waals surface area contributed by atoms with E-state index in [1.807, 2.05) is 6.92 Å². The van der Waals surface area contributed by atoms with Gasteiger partial charge in [0, 0.05) is 5.54 Å². The molecule has 3 heteroatoms. The molecule has 0 spiro atoms. The minimum absolute atomic E-state index is 0.0434. The number of ether oxygens (including phenoxy) is 1. The Morgan fingerprint density at radius 3 is 2.19 bits per heavy atom. The van der Waals surface area contributed by atoms with Crippen LogP contribution in [0, 0.1) is 0 Å². The second kappa shape index (κ2) is 6.24. The molecule has 16 heavy (non-hydrogen) atoms. The lowest BCUT2D eigenvalue weighted by molar-refractivity contribution is -0.146. The van der Waals surface area contributed by atoms with E-state index in [9.17, 15) is 4.79 Å². The van der Waals surface area contributed by atoms with Crippen LogP contribution in [-0.4, -0.2) is 37.1 Å². The third-order valence-corrected chi connectivity index (χ3v) is 3.76. The summed E-state index contributed by atoms with van der Waals surface area (Å²) in [5.41, 5.74) is 0.0444. The number of carbonyl (C=O) groups excluding carboxylic acids is 1. The summed E-state index contributed by atoms with van der Waals surface area (Å²) in [4.78, 5) is 13.9. The number of rotatable bonds is 4. The topological polar surface area (TPSA) is 29.5 Å². The molecule has 94 valence electrons. The van der Waals surface area contributed by atoms with Crippen molar-refractivity contribution in [1.29, 1.82) is 0 Å². The Balaban J connectivity index is 2.66. The van der Waals surface area contributed by atoms with Crippen molar-refractivity contribution in [2.45, 2.75) is 57.4 Å². The summed E-state index contributed by atoms with van der Waals surface area (Å²) >= 11 is 0. The van der Waals surface area contributed by atoms with Gasteiger partial charge in [-0.2, -0.15) is 0 Å². The number of hydrogen-bond acceptors (Lipinski definition) is 3. The van der Waals surface area contributed by atoms with Crippen LogP contribution in [0.1, 0.15) is 51.9 Å². The molecular formula is C13H25NO2. The lowest BCUT2D eigenvalue weighted by Crippen LogP contribution is -2.45. The molecule has 0 heterocycles. The van der Waals surface area contributed by atoms with Gasteiger partial charge in [0.15, 0.2) is 0 Å². The average Bonchev–Trinajstić information content (AvgIpc) is 2.44. The largest absolute Gasteiger partial charge is 0.466 e. The fraction of sp³-hybridized carbons (Fsp3) is 0.923. The van der Waals surface area contributed by atoms with Gasteiger partial charge in [-0.15, -0.1) is 0 Å². The Hall–Kier alpha value is -0.570. The maximum atomic E-state index is 11.7. The fourth-order valence-corrected chi connectivity index (χ4v) is 2.65. The first kappa shape index (κ1) is 13.5. The minimum Gasteiger partial charge on any atom is -0.466 e. The predicted molar refractivity (Wildman–Crippen MR) is 65.4 cm³/mol. The van der Waals surface area contributed by atoms with E-state index in [4.69, 9.17) is 4.74 Å². The highest BCUT2D eigenvalue weighted by molar-refractivity contribution is 5.70. The van der Waals surface area contributed by atoms with Crippen LogP contribution in [0.3, 0.4) is 0 Å². The van der Waals surface area contributed by atoms with Crippen molar-refractivity contribution in [2.24, 2.45) is 0 Å². The third-order valence-electron chi connectivity index (χ3n) is 3.76. The van der Waals surface area contributed by atoms with Crippen molar-refractivity contribution >= 4 is 5.97 Å². The van der Waals surface area contributed by atoms with E-state index in [1.54, 1.807) is 0 Å². The van der Waals surface area contributed by atoms with Crippen LogP contribution >= 0.6 is 0 Å². The van der Waals surface area contributed by atoms with E-state index >= 15 is 0 Å². The number of nitrogens with zero attached hydrogens (tertiary/aromatic N) is 1. The number of esters is 1. The fourth-order valence-electron chi connectivity index (χ4n) is 2.65. The van der Waals surface area contributed by atoms with Gasteiger partial charge in [-0.1, -0.05) is 25.7 Å². The van der Waals surface area contributed by atoms with E-state index < -0.39 is 0 Å². The molecule has 0 radical (unpaired) electrons. The number of hydrogen-bond donors (Lipinski definition) is 0. The Labute approximate surface area is 99.1 Å². The van der Waals surface area contributed by atoms with Gasteiger partial charge in [-0.3, -0.25) is 4.79 Å². The van der Waals surface area contributed by atoms with E-state index in [2.05, 4.69) is 19.0 Å². The summed E-state index contributed by atoms with van der Waals surface area (Å²) in [6.45, 7) is 2.36. The molecule has 1 rings (SSSR count). The molecule has 1 saturated carbocycles. The summed E-state index contributed by atoms with van der Waals surface area (Å²) < 4.78 is 5.10. The maximum absolute atomic E-state index is 11.7. The van der Waals surface area contributed by atoms with Crippen molar-refractivity contribution in [1.82, 2.24) is 4.90 Å². The van der Waals surface area contributed by atoms with Gasteiger partial charge in [-0.25, -0.2) is 0 Å². The summed E-state index contributed by atoms with van der Waals surface area (Å²) in [5.74, 6) is -0.0434. The van der Waals surface area contributed by atoms with Gasteiger partial charge in [0.05, 0.1) is 13.0 Å². The molecule has 0 atom stereocenters. The Bertz CT molecular complexity index is 218. The molecule has 0 saturated heterocycles. The molecule has 0 unspecified atom stereocenters. The standard InChI is InChI=1S/C13H25NO2/c1-4-16-12(15)11-13(14(2)3)9-7-5-6-8-10-13/h4-11H2,1-3H3. The lowest BCUT2D eigenvalue weighted by Gasteiger charge is -2.38. The van der Waals surface area contributed by atoms with Gasteiger partial charge < -0.3 is 9.64 Å². The van der Waals surface area contributed by atoms with Crippen LogP contribution < -0.4 is 0 Å². The van der Waals surface area contributed by atoms with Crippen LogP contribution in [0.15, 0.2) is 0 Å². The summed E-state index contributed by atoms with van der Waals surface area (Å²) in [6, 6.07) is 0. The van der Waals surface area contributed by atoms with Crippen molar-refractivity contribution < 1.29 is 9.53 Å². The average molecular weight is 227 g/mol. The molecule has 0 amide bonds. The van der Waals surface area contributed by atoms with E-state index in [1.165, 1.54) is 25.7 Å². The molecule has 1 aliphatic carbocycles. The Morgan fingerprint density at radius 1 is 1.19 bits per heavy atom. The van der Waals surface area contributed by atoms with Crippen molar-refractivity contribution in [2.75, 3.05) is 20.7 Å². The van der Waals surface area contributed by atoms with Crippen molar-refractivity contribution in [3.05, 3.63) is 0 Å². The zero-order valence-electron chi connectivity index (χ0n) is 10.9. The first-order chi connectivity index (χ1) is 7.60. The monoisotopic (exact) mass is 227 g/mol. The van der Waals surface area contributed by atoms with Gasteiger partial charge in [0.1, 0.15) is 0 Å². The van der Waals surface area contributed by atoms with Crippen molar-refractivity contribution in [3.8, 4) is 0 Å². The van der Waals surface area contributed by atoms with Crippen LogP contribution in [0.5, 0.6) is 0 Å². The van der Waals surface area contributed by atoms with Gasteiger partial charge in [0.2, 0.25) is 0 Å². The summed E-state index contributed by atoms with van der Waals surface area (Å²) in [7, 11) is 4.18. The second-order valence-corrected chi connectivity index (χ2v) is 5.01. The van der Waals surface area contributed by atoms with Crippen LogP contribution in [0.25, 0.3) is 0 Å². The van der Waals surface area contributed by atoms with Crippen LogP contribution in [0.2, 0.25) is 0 Å². The van der Waals surface area contributed by atoms with E-state index in [0.29, 0.717) is 13.0 Å². The third kappa shape index (κ3) is 3.48. The van der Waals surface area contributed by atoms with Gasteiger partial charge in [-0.05, 0) is 33.9 Å². The molecule has 0 bridgehead atoms. The Morgan fingerprint density at radius 2 is 1.75 bits per heavy atom.